The van der Waals surface area contributed by atoms with Crippen molar-refractivity contribution in [1.82, 2.24) is 9.80 Å². The Morgan fingerprint density at radius 1 is 0.806 bits per heavy atom. The number of nitrogens with zero attached hydrogens (tertiary/aromatic N) is 3. The van der Waals surface area contributed by atoms with E-state index < -0.39 is 11.7 Å². The van der Waals surface area contributed by atoms with Crippen molar-refractivity contribution >= 4 is 11.6 Å². The molecule has 0 aromatic heterocycles. The molecule has 2 saturated heterocycles. The molecule has 0 spiro atoms. The summed E-state index contributed by atoms with van der Waals surface area (Å²) in [6.07, 6.45) is -4.39. The van der Waals surface area contributed by atoms with Gasteiger partial charge in [0, 0.05) is 63.0 Å². The van der Waals surface area contributed by atoms with Crippen LogP contribution in [0.2, 0.25) is 0 Å². The average molecular weight is 494 g/mol. The monoisotopic (exact) mass is 493 g/mol. The maximum Gasteiger partial charge on any atom is 0.416 e. The molecule has 0 unspecified atom stereocenters. The van der Waals surface area contributed by atoms with Gasteiger partial charge in [-0.1, -0.05) is 54.6 Å². The summed E-state index contributed by atoms with van der Waals surface area (Å²) in [5, 5.41) is 0. The Balaban J connectivity index is 1.33. The van der Waals surface area contributed by atoms with Crippen LogP contribution in [0, 0.1) is 5.92 Å². The zero-order valence-electron chi connectivity index (χ0n) is 20.1. The van der Waals surface area contributed by atoms with Crippen LogP contribution in [0.5, 0.6) is 0 Å². The second-order valence-corrected chi connectivity index (χ2v) is 9.69. The predicted molar refractivity (Wildman–Crippen MR) is 135 cm³/mol. The number of hydrogen-bond acceptors (Lipinski definition) is 3. The van der Waals surface area contributed by atoms with Crippen LogP contribution >= 0.6 is 0 Å². The molecule has 0 N–H and O–H groups in total. The van der Waals surface area contributed by atoms with Crippen molar-refractivity contribution in [3.05, 3.63) is 102 Å². The van der Waals surface area contributed by atoms with Crippen LogP contribution in [-0.4, -0.2) is 61.5 Å². The highest BCUT2D eigenvalue weighted by Gasteiger charge is 2.39. The number of carbonyl (C=O) groups is 1. The molecule has 0 radical (unpaired) electrons. The van der Waals surface area contributed by atoms with Crippen molar-refractivity contribution in [2.24, 2.45) is 5.92 Å². The molecular weight excluding hydrogens is 463 g/mol. The van der Waals surface area contributed by atoms with Crippen LogP contribution in [-0.2, 0) is 6.18 Å². The number of likely N-dealkylation sites (tertiary alicyclic amines) is 1. The number of piperazine rings is 1. The number of benzene rings is 3. The number of para-hydroxylation sites is 1. The number of hydrogen-bond donors (Lipinski definition) is 0. The summed E-state index contributed by atoms with van der Waals surface area (Å²) in [4.78, 5) is 19.8. The van der Waals surface area contributed by atoms with Crippen LogP contribution < -0.4 is 4.90 Å². The largest absolute Gasteiger partial charge is 0.416 e. The van der Waals surface area contributed by atoms with Gasteiger partial charge in [-0.15, -0.1) is 0 Å². The first-order chi connectivity index (χ1) is 17.4. The van der Waals surface area contributed by atoms with Gasteiger partial charge in [-0.25, -0.2) is 0 Å². The minimum absolute atomic E-state index is 0.0596. The van der Waals surface area contributed by atoms with Crippen LogP contribution in [0.4, 0.5) is 18.9 Å². The fourth-order valence-corrected chi connectivity index (χ4v) is 5.47. The molecule has 0 saturated carbocycles. The summed E-state index contributed by atoms with van der Waals surface area (Å²) in [6, 6.07) is 25.1. The quantitative estimate of drug-likeness (QED) is 0.477. The minimum atomic E-state index is -4.39. The van der Waals surface area contributed by atoms with E-state index in [4.69, 9.17) is 0 Å². The molecule has 5 rings (SSSR count). The predicted octanol–water partition coefficient (Wildman–Crippen LogP) is 5.38. The molecule has 4 nitrogen and oxygen atoms in total. The first kappa shape index (κ1) is 24.4. The Labute approximate surface area is 209 Å². The molecule has 2 aliphatic rings. The Morgan fingerprint density at radius 2 is 1.47 bits per heavy atom. The molecule has 3 aromatic rings. The summed E-state index contributed by atoms with van der Waals surface area (Å²) >= 11 is 0. The Kier molecular flexibility index (Phi) is 7.01. The Morgan fingerprint density at radius 3 is 2.14 bits per heavy atom. The van der Waals surface area contributed by atoms with Gasteiger partial charge in [-0.2, -0.15) is 13.2 Å². The lowest BCUT2D eigenvalue weighted by atomic mass is 9.87. The summed E-state index contributed by atoms with van der Waals surface area (Å²) in [5.74, 6) is -0.152. The summed E-state index contributed by atoms with van der Waals surface area (Å²) in [5.41, 5.74) is 1.83. The number of rotatable bonds is 5. The number of halogens is 3. The molecule has 7 heteroatoms. The third-order valence-electron chi connectivity index (χ3n) is 7.38. The fourth-order valence-electron chi connectivity index (χ4n) is 5.47. The minimum Gasteiger partial charge on any atom is -0.369 e. The van der Waals surface area contributed by atoms with E-state index in [0.29, 0.717) is 24.2 Å². The number of alkyl halides is 3. The van der Waals surface area contributed by atoms with Crippen molar-refractivity contribution < 1.29 is 18.0 Å². The number of carbonyl (C=O) groups excluding carboxylic acids is 1. The molecule has 2 heterocycles. The topological polar surface area (TPSA) is 26.8 Å². The van der Waals surface area contributed by atoms with E-state index in [-0.39, 0.29) is 17.7 Å². The average Bonchev–Trinajstić information content (AvgIpc) is 3.33. The highest BCUT2D eigenvalue weighted by molar-refractivity contribution is 5.94. The summed E-state index contributed by atoms with van der Waals surface area (Å²) < 4.78 is 40.4. The van der Waals surface area contributed by atoms with Gasteiger partial charge in [0.2, 0.25) is 0 Å². The van der Waals surface area contributed by atoms with Gasteiger partial charge in [-0.3, -0.25) is 9.69 Å². The van der Waals surface area contributed by atoms with Crippen molar-refractivity contribution in [1.29, 1.82) is 0 Å². The zero-order valence-corrected chi connectivity index (χ0v) is 20.1. The van der Waals surface area contributed by atoms with E-state index >= 15 is 0 Å². The fraction of sp³-hybridized carbons (Fsp3) is 0.345. The van der Waals surface area contributed by atoms with Crippen LogP contribution in [0.25, 0.3) is 0 Å². The van der Waals surface area contributed by atoms with Gasteiger partial charge >= 0.3 is 6.18 Å². The first-order valence-corrected chi connectivity index (χ1v) is 12.4. The normalized spacial score (nSPS) is 21.1. The van der Waals surface area contributed by atoms with Gasteiger partial charge < -0.3 is 9.80 Å². The molecule has 3 aromatic carbocycles. The lowest BCUT2D eigenvalue weighted by molar-refractivity contribution is -0.137. The van der Waals surface area contributed by atoms with E-state index in [1.165, 1.54) is 17.8 Å². The van der Waals surface area contributed by atoms with Crippen LogP contribution in [0.1, 0.15) is 27.4 Å². The Bertz CT molecular complexity index is 1160. The van der Waals surface area contributed by atoms with Crippen molar-refractivity contribution in [2.75, 3.05) is 50.7 Å². The molecule has 0 bridgehead atoms. The Hall–Kier alpha value is -3.32. The molecular formula is C29H30F3N3O. The van der Waals surface area contributed by atoms with Crippen LogP contribution in [0.15, 0.2) is 84.9 Å². The molecule has 36 heavy (non-hydrogen) atoms. The van der Waals surface area contributed by atoms with E-state index in [0.717, 1.165) is 38.8 Å². The van der Waals surface area contributed by atoms with Gasteiger partial charge in [0.25, 0.3) is 5.91 Å². The molecule has 0 aliphatic carbocycles. The van der Waals surface area contributed by atoms with Crippen LogP contribution in [0.3, 0.4) is 0 Å². The van der Waals surface area contributed by atoms with Crippen molar-refractivity contribution in [3.8, 4) is 0 Å². The van der Waals surface area contributed by atoms with E-state index in [1.54, 1.807) is 18.2 Å². The molecule has 188 valence electrons. The van der Waals surface area contributed by atoms with Gasteiger partial charge in [0.05, 0.1) is 5.56 Å². The van der Waals surface area contributed by atoms with Crippen molar-refractivity contribution in [2.45, 2.75) is 12.1 Å². The number of anilines is 1. The van der Waals surface area contributed by atoms with E-state index in [2.05, 4.69) is 21.9 Å². The van der Waals surface area contributed by atoms with Gasteiger partial charge in [0.15, 0.2) is 0 Å². The second-order valence-electron chi connectivity index (χ2n) is 9.69. The van der Waals surface area contributed by atoms with Crippen molar-refractivity contribution in [3.63, 3.8) is 0 Å². The smallest absolute Gasteiger partial charge is 0.369 e. The first-order valence-electron chi connectivity index (χ1n) is 12.4. The highest BCUT2D eigenvalue weighted by atomic mass is 19.4. The third-order valence-corrected chi connectivity index (χ3v) is 7.38. The van der Waals surface area contributed by atoms with Gasteiger partial charge in [0.1, 0.15) is 0 Å². The maximum atomic E-state index is 13.5. The molecule has 1 amide bonds. The van der Waals surface area contributed by atoms with E-state index in [9.17, 15) is 18.0 Å². The molecule has 2 fully saturated rings. The summed E-state index contributed by atoms with van der Waals surface area (Å²) in [6.45, 7) is 5.27. The standard InChI is InChI=1S/C29H30F3N3O/c30-29(31,32)25-11-7-10-23(18-25)27-21-35(28(36)22-8-3-1-4-9-22)20-24(27)19-33-14-16-34(17-15-33)26-12-5-2-6-13-26/h1-13,18,24,27H,14-17,19-21H2/t24-,27-/m0/s1. The summed E-state index contributed by atoms with van der Waals surface area (Å²) in [7, 11) is 0. The highest BCUT2D eigenvalue weighted by Crippen LogP contribution is 2.37. The lowest BCUT2D eigenvalue weighted by Gasteiger charge is -2.38. The molecule has 2 atom stereocenters. The van der Waals surface area contributed by atoms with E-state index in [1.807, 2.05) is 41.3 Å². The lowest BCUT2D eigenvalue weighted by Crippen LogP contribution is -2.48. The van der Waals surface area contributed by atoms with Gasteiger partial charge in [-0.05, 0) is 41.8 Å². The maximum absolute atomic E-state index is 13.5. The SMILES string of the molecule is O=C(c1ccccc1)N1C[C@H](CN2CCN(c3ccccc3)CC2)[C@H](c2cccc(C(F)(F)F)c2)C1. The third kappa shape index (κ3) is 5.41. The molecule has 2 aliphatic heterocycles. The second kappa shape index (κ2) is 10.3. The number of amides is 1. The zero-order chi connectivity index (χ0) is 25.1.